The Morgan fingerprint density at radius 3 is 2.19 bits per heavy atom. The molecule has 1 aliphatic heterocycles. The van der Waals surface area contributed by atoms with Crippen molar-refractivity contribution in [3.8, 4) is 0 Å². The highest BCUT2D eigenvalue weighted by Gasteiger charge is 2.26. The Morgan fingerprint density at radius 2 is 1.62 bits per heavy atom. The fourth-order valence-electron chi connectivity index (χ4n) is 2.59. The number of benzene rings is 1. The average Bonchev–Trinajstić information content (AvgIpc) is 2.53. The molecular weight excluding hydrogens is 266 g/mol. The topological polar surface area (TPSA) is 43.9 Å². The highest BCUT2D eigenvalue weighted by atomic mass is 16.2. The van der Waals surface area contributed by atoms with Crippen molar-refractivity contribution in [1.29, 1.82) is 0 Å². The Labute approximate surface area is 126 Å². The van der Waals surface area contributed by atoms with Gasteiger partial charge in [0.1, 0.15) is 0 Å². The van der Waals surface area contributed by atoms with E-state index in [1.165, 1.54) is 0 Å². The molecule has 0 saturated carbocycles. The Bertz CT molecular complexity index is 520. The van der Waals surface area contributed by atoms with Gasteiger partial charge in [0, 0.05) is 45.8 Å². The smallest absolute Gasteiger partial charge is 0.319 e. The lowest BCUT2D eigenvalue weighted by atomic mass is 10.0. The van der Waals surface area contributed by atoms with Gasteiger partial charge < -0.3 is 14.7 Å². The van der Waals surface area contributed by atoms with Gasteiger partial charge in [-0.25, -0.2) is 4.79 Å². The Balaban J connectivity index is 2.02. The first-order valence-corrected chi connectivity index (χ1v) is 7.38. The molecule has 1 saturated heterocycles. The van der Waals surface area contributed by atoms with Gasteiger partial charge in [-0.1, -0.05) is 25.1 Å². The molecule has 0 atom stereocenters. The molecular formula is C16H23N3O2. The molecule has 1 heterocycles. The maximum Gasteiger partial charge on any atom is 0.319 e. The van der Waals surface area contributed by atoms with Gasteiger partial charge >= 0.3 is 6.03 Å². The lowest BCUT2D eigenvalue weighted by Crippen LogP contribution is -2.53. The Kier molecular flexibility index (Phi) is 4.83. The lowest BCUT2D eigenvalue weighted by Gasteiger charge is -2.36. The molecule has 0 bridgehead atoms. The van der Waals surface area contributed by atoms with Crippen LogP contribution in [-0.2, 0) is 6.42 Å². The van der Waals surface area contributed by atoms with Crippen LogP contribution in [0.5, 0.6) is 0 Å². The standard InChI is InChI=1S/C16H23N3O2/c1-4-13-7-5-6-8-14(13)15(20)18-9-11-19(12-10-18)16(21)17(2)3/h5-8H,4,9-12H2,1-3H3. The van der Waals surface area contributed by atoms with E-state index in [0.717, 1.165) is 17.5 Å². The van der Waals surface area contributed by atoms with Gasteiger partial charge in [0.25, 0.3) is 5.91 Å². The third-order valence-corrected chi connectivity index (χ3v) is 3.85. The second-order valence-corrected chi connectivity index (χ2v) is 5.47. The minimum absolute atomic E-state index is 0.0102. The van der Waals surface area contributed by atoms with Crippen LogP contribution in [0.3, 0.4) is 0 Å². The summed E-state index contributed by atoms with van der Waals surface area (Å²) in [5.74, 6) is 0.0735. The normalized spacial score (nSPS) is 15.0. The molecule has 1 aromatic carbocycles. The average molecular weight is 289 g/mol. The van der Waals surface area contributed by atoms with Crippen LogP contribution in [0.2, 0.25) is 0 Å². The number of rotatable bonds is 2. The number of hydrogen-bond donors (Lipinski definition) is 0. The summed E-state index contributed by atoms with van der Waals surface area (Å²) in [6, 6.07) is 7.76. The molecule has 0 spiro atoms. The number of carbonyl (C=O) groups excluding carboxylic acids is 2. The summed E-state index contributed by atoms with van der Waals surface area (Å²) < 4.78 is 0. The molecule has 5 heteroatoms. The van der Waals surface area contributed by atoms with Crippen LogP contribution in [0.1, 0.15) is 22.8 Å². The molecule has 3 amide bonds. The van der Waals surface area contributed by atoms with Crippen LogP contribution in [0.15, 0.2) is 24.3 Å². The Hall–Kier alpha value is -2.04. The van der Waals surface area contributed by atoms with Gasteiger partial charge in [0.2, 0.25) is 0 Å². The number of amides is 3. The van der Waals surface area contributed by atoms with E-state index in [9.17, 15) is 9.59 Å². The first-order chi connectivity index (χ1) is 10.0. The summed E-state index contributed by atoms with van der Waals surface area (Å²) in [6.45, 7) is 4.43. The van der Waals surface area contributed by atoms with Crippen molar-refractivity contribution in [1.82, 2.24) is 14.7 Å². The van der Waals surface area contributed by atoms with E-state index in [0.29, 0.717) is 26.2 Å². The molecule has 2 rings (SSSR count). The fraction of sp³-hybridized carbons (Fsp3) is 0.500. The molecule has 0 unspecified atom stereocenters. The maximum atomic E-state index is 12.6. The highest BCUT2D eigenvalue weighted by Crippen LogP contribution is 2.14. The van der Waals surface area contributed by atoms with Crippen LogP contribution in [0.25, 0.3) is 0 Å². The molecule has 1 aliphatic rings. The summed E-state index contributed by atoms with van der Waals surface area (Å²) in [5.41, 5.74) is 1.86. The minimum atomic E-state index is 0.0102. The highest BCUT2D eigenvalue weighted by molar-refractivity contribution is 5.95. The van der Waals surface area contributed by atoms with Crippen molar-refractivity contribution < 1.29 is 9.59 Å². The number of piperazine rings is 1. The number of urea groups is 1. The number of aryl methyl sites for hydroxylation is 1. The van der Waals surface area contributed by atoms with E-state index in [4.69, 9.17) is 0 Å². The summed E-state index contributed by atoms with van der Waals surface area (Å²) in [7, 11) is 3.49. The molecule has 0 N–H and O–H groups in total. The predicted octanol–water partition coefficient (Wildman–Crippen LogP) is 1.69. The van der Waals surface area contributed by atoms with Crippen molar-refractivity contribution >= 4 is 11.9 Å². The van der Waals surface area contributed by atoms with Crippen LogP contribution in [0.4, 0.5) is 4.79 Å². The number of nitrogens with zero attached hydrogens (tertiary/aromatic N) is 3. The van der Waals surface area contributed by atoms with E-state index < -0.39 is 0 Å². The van der Waals surface area contributed by atoms with Gasteiger partial charge in [-0.05, 0) is 18.1 Å². The Morgan fingerprint density at radius 1 is 1.05 bits per heavy atom. The molecule has 21 heavy (non-hydrogen) atoms. The first-order valence-electron chi connectivity index (χ1n) is 7.38. The van der Waals surface area contributed by atoms with E-state index in [1.807, 2.05) is 29.2 Å². The maximum absolute atomic E-state index is 12.6. The molecule has 0 aliphatic carbocycles. The largest absolute Gasteiger partial charge is 0.335 e. The van der Waals surface area contributed by atoms with E-state index in [2.05, 4.69) is 6.92 Å². The predicted molar refractivity (Wildman–Crippen MR) is 82.4 cm³/mol. The first kappa shape index (κ1) is 15.4. The van der Waals surface area contributed by atoms with Gasteiger partial charge in [-0.15, -0.1) is 0 Å². The van der Waals surface area contributed by atoms with E-state index in [1.54, 1.807) is 23.9 Å². The van der Waals surface area contributed by atoms with Crippen LogP contribution >= 0.6 is 0 Å². The molecule has 5 nitrogen and oxygen atoms in total. The number of carbonyl (C=O) groups is 2. The zero-order valence-electron chi connectivity index (χ0n) is 13.0. The molecule has 0 aromatic heterocycles. The third-order valence-electron chi connectivity index (χ3n) is 3.85. The van der Waals surface area contributed by atoms with Gasteiger partial charge in [-0.3, -0.25) is 4.79 Å². The monoisotopic (exact) mass is 289 g/mol. The van der Waals surface area contributed by atoms with Gasteiger partial charge in [0.15, 0.2) is 0 Å². The molecule has 0 radical (unpaired) electrons. The van der Waals surface area contributed by atoms with Gasteiger partial charge in [-0.2, -0.15) is 0 Å². The molecule has 1 fully saturated rings. The summed E-state index contributed by atoms with van der Waals surface area (Å²) in [5, 5.41) is 0. The van der Waals surface area contributed by atoms with Crippen LogP contribution in [0, 0.1) is 0 Å². The summed E-state index contributed by atoms with van der Waals surface area (Å²) in [6.07, 6.45) is 0.848. The lowest BCUT2D eigenvalue weighted by molar-refractivity contribution is 0.0649. The van der Waals surface area contributed by atoms with Crippen molar-refractivity contribution in [2.24, 2.45) is 0 Å². The fourth-order valence-corrected chi connectivity index (χ4v) is 2.59. The zero-order valence-corrected chi connectivity index (χ0v) is 13.0. The van der Waals surface area contributed by atoms with Crippen LogP contribution in [-0.4, -0.2) is 66.9 Å². The second kappa shape index (κ2) is 6.61. The minimum Gasteiger partial charge on any atom is -0.335 e. The quantitative estimate of drug-likeness (QED) is 0.831. The SMILES string of the molecule is CCc1ccccc1C(=O)N1CCN(C(=O)N(C)C)CC1. The number of hydrogen-bond acceptors (Lipinski definition) is 2. The second-order valence-electron chi connectivity index (χ2n) is 5.47. The van der Waals surface area contributed by atoms with Gasteiger partial charge in [0.05, 0.1) is 0 Å². The third kappa shape index (κ3) is 3.35. The van der Waals surface area contributed by atoms with E-state index in [-0.39, 0.29) is 11.9 Å². The van der Waals surface area contributed by atoms with Crippen LogP contribution < -0.4 is 0 Å². The van der Waals surface area contributed by atoms with Crippen molar-refractivity contribution in [2.45, 2.75) is 13.3 Å². The zero-order chi connectivity index (χ0) is 15.4. The summed E-state index contributed by atoms with van der Waals surface area (Å²) >= 11 is 0. The van der Waals surface area contributed by atoms with E-state index >= 15 is 0 Å². The van der Waals surface area contributed by atoms with Crippen molar-refractivity contribution in [3.63, 3.8) is 0 Å². The molecule has 114 valence electrons. The van der Waals surface area contributed by atoms with Crippen molar-refractivity contribution in [2.75, 3.05) is 40.3 Å². The van der Waals surface area contributed by atoms with Crippen molar-refractivity contribution in [3.05, 3.63) is 35.4 Å². The molecule has 1 aromatic rings. The summed E-state index contributed by atoms with van der Waals surface area (Å²) in [4.78, 5) is 29.7.